The van der Waals surface area contributed by atoms with Gasteiger partial charge in [-0.3, -0.25) is 4.79 Å². The van der Waals surface area contributed by atoms with Gasteiger partial charge in [0.05, 0.1) is 4.88 Å². The van der Waals surface area contributed by atoms with E-state index < -0.39 is 0 Å². The maximum atomic E-state index is 10.6. The Morgan fingerprint density at radius 2 is 2.07 bits per heavy atom. The smallest absolute Gasteiger partial charge is 0.160 e. The first kappa shape index (κ1) is 10.7. The van der Waals surface area contributed by atoms with Crippen LogP contribution in [-0.2, 0) is 0 Å². The van der Waals surface area contributed by atoms with Crippen LogP contribution in [-0.4, -0.2) is 19.4 Å². The lowest BCUT2D eigenvalue weighted by molar-refractivity contribution is 0.112. The Morgan fingerprint density at radius 1 is 1.40 bits per heavy atom. The average Bonchev–Trinajstić information content (AvgIpc) is 2.64. The van der Waals surface area contributed by atoms with E-state index in [0.29, 0.717) is 0 Å². The zero-order valence-electron chi connectivity index (χ0n) is 9.27. The lowest BCUT2D eigenvalue weighted by atomic mass is 9.92. The Kier molecular flexibility index (Phi) is 3.10. The first-order valence-corrected chi connectivity index (χ1v) is 6.35. The molecule has 0 amide bonds. The first-order valence-electron chi connectivity index (χ1n) is 5.47. The molecule has 2 heterocycles. The number of carbonyl (C=O) groups excluding carboxylic acids is 1. The molecular formula is C12H17NOS. The molecule has 0 radical (unpaired) electrons. The molecule has 2 rings (SSSR count). The quantitative estimate of drug-likeness (QED) is 0.718. The molecule has 2 atom stereocenters. The predicted molar refractivity (Wildman–Crippen MR) is 64.9 cm³/mol. The van der Waals surface area contributed by atoms with Crippen molar-refractivity contribution in [3.8, 4) is 0 Å². The molecule has 0 aliphatic carbocycles. The molecule has 0 N–H and O–H groups in total. The Labute approximate surface area is 94.9 Å². The number of anilines is 1. The van der Waals surface area contributed by atoms with Crippen LogP contribution < -0.4 is 4.90 Å². The van der Waals surface area contributed by atoms with Gasteiger partial charge in [-0.05, 0) is 24.3 Å². The minimum Gasteiger partial charge on any atom is -0.370 e. The predicted octanol–water partition coefficient (Wildman–Crippen LogP) is 3.04. The second kappa shape index (κ2) is 4.35. The van der Waals surface area contributed by atoms with Crippen molar-refractivity contribution in [3.05, 3.63) is 16.3 Å². The molecule has 0 bridgehead atoms. The van der Waals surface area contributed by atoms with Gasteiger partial charge in [0, 0.05) is 24.2 Å². The van der Waals surface area contributed by atoms with Gasteiger partial charge in [-0.1, -0.05) is 13.8 Å². The summed E-state index contributed by atoms with van der Waals surface area (Å²) in [6, 6.07) is 2.00. The Morgan fingerprint density at radius 3 is 2.60 bits per heavy atom. The van der Waals surface area contributed by atoms with Gasteiger partial charge >= 0.3 is 0 Å². The molecule has 1 saturated heterocycles. The second-order valence-electron chi connectivity index (χ2n) is 4.68. The lowest BCUT2D eigenvalue weighted by Crippen LogP contribution is -2.38. The van der Waals surface area contributed by atoms with Gasteiger partial charge in [0.1, 0.15) is 0 Å². The molecule has 1 aliphatic heterocycles. The van der Waals surface area contributed by atoms with Gasteiger partial charge in [-0.2, -0.15) is 0 Å². The number of nitrogens with zero attached hydrogens (tertiary/aromatic N) is 1. The molecule has 3 heteroatoms. The van der Waals surface area contributed by atoms with E-state index in [2.05, 4.69) is 24.1 Å². The molecule has 1 aromatic rings. The Balaban J connectivity index is 2.12. The van der Waals surface area contributed by atoms with Gasteiger partial charge in [0.25, 0.3) is 0 Å². The van der Waals surface area contributed by atoms with E-state index in [1.165, 1.54) is 23.4 Å². The Hall–Kier alpha value is -0.830. The molecule has 0 aromatic carbocycles. The highest BCUT2D eigenvalue weighted by molar-refractivity contribution is 7.12. The summed E-state index contributed by atoms with van der Waals surface area (Å²) in [6.45, 7) is 6.85. The number of hydrogen-bond acceptors (Lipinski definition) is 3. The van der Waals surface area contributed by atoms with Crippen LogP contribution in [0, 0.1) is 11.8 Å². The average molecular weight is 223 g/mol. The summed E-state index contributed by atoms with van der Waals surface area (Å²) < 4.78 is 0. The number of carbonyl (C=O) groups is 1. The summed E-state index contributed by atoms with van der Waals surface area (Å²) in [5.74, 6) is 1.52. The van der Waals surface area contributed by atoms with E-state index in [9.17, 15) is 4.79 Å². The summed E-state index contributed by atoms with van der Waals surface area (Å²) in [7, 11) is 0. The summed E-state index contributed by atoms with van der Waals surface area (Å²) in [5, 5.41) is 2.09. The number of aldehydes is 1. The zero-order valence-corrected chi connectivity index (χ0v) is 10.1. The Bertz CT molecular complexity index is 337. The minimum absolute atomic E-state index is 0.758. The number of piperidine rings is 1. The molecule has 15 heavy (non-hydrogen) atoms. The van der Waals surface area contributed by atoms with Gasteiger partial charge in [-0.15, -0.1) is 11.3 Å². The minimum atomic E-state index is 0.758. The maximum Gasteiger partial charge on any atom is 0.160 e. The third-order valence-corrected chi connectivity index (χ3v) is 3.80. The number of hydrogen-bond donors (Lipinski definition) is 0. The molecule has 0 spiro atoms. The molecule has 0 saturated carbocycles. The summed E-state index contributed by atoms with van der Waals surface area (Å²) in [6.07, 6.45) is 2.26. The van der Waals surface area contributed by atoms with Gasteiger partial charge in [0.2, 0.25) is 0 Å². The van der Waals surface area contributed by atoms with E-state index in [-0.39, 0.29) is 0 Å². The highest BCUT2D eigenvalue weighted by Crippen LogP contribution is 2.29. The van der Waals surface area contributed by atoms with Gasteiger partial charge < -0.3 is 4.90 Å². The van der Waals surface area contributed by atoms with Crippen LogP contribution in [0.15, 0.2) is 11.4 Å². The summed E-state index contributed by atoms with van der Waals surface area (Å²) >= 11 is 1.54. The summed E-state index contributed by atoms with van der Waals surface area (Å²) in [5.41, 5.74) is 1.22. The third kappa shape index (κ3) is 2.40. The van der Waals surface area contributed by atoms with E-state index in [0.717, 1.165) is 36.1 Å². The molecular weight excluding hydrogens is 206 g/mol. The van der Waals surface area contributed by atoms with E-state index in [4.69, 9.17) is 0 Å². The van der Waals surface area contributed by atoms with Crippen LogP contribution in [0.25, 0.3) is 0 Å². The maximum absolute atomic E-state index is 10.6. The normalized spacial score (nSPS) is 26.7. The van der Waals surface area contributed by atoms with Crippen molar-refractivity contribution in [2.75, 3.05) is 18.0 Å². The van der Waals surface area contributed by atoms with Crippen molar-refractivity contribution < 1.29 is 4.79 Å². The highest BCUT2D eigenvalue weighted by atomic mass is 32.1. The van der Waals surface area contributed by atoms with Crippen molar-refractivity contribution in [3.63, 3.8) is 0 Å². The largest absolute Gasteiger partial charge is 0.370 e. The van der Waals surface area contributed by atoms with Crippen molar-refractivity contribution in [2.45, 2.75) is 20.3 Å². The standard InChI is InChI=1S/C12H17NOS/c1-9-3-10(2)6-13(5-9)11-4-12(7-14)15-8-11/h4,7-10H,3,5-6H2,1-2H3. The molecule has 1 aromatic heterocycles. The second-order valence-corrected chi connectivity index (χ2v) is 5.62. The van der Waals surface area contributed by atoms with Crippen molar-refractivity contribution in [2.24, 2.45) is 11.8 Å². The molecule has 2 nitrogen and oxygen atoms in total. The van der Waals surface area contributed by atoms with Crippen LogP contribution in [0.1, 0.15) is 29.9 Å². The number of rotatable bonds is 2. The zero-order chi connectivity index (χ0) is 10.8. The van der Waals surface area contributed by atoms with Crippen LogP contribution in [0.2, 0.25) is 0 Å². The van der Waals surface area contributed by atoms with Crippen molar-refractivity contribution >= 4 is 23.3 Å². The molecule has 1 fully saturated rings. The monoisotopic (exact) mass is 223 g/mol. The van der Waals surface area contributed by atoms with E-state index >= 15 is 0 Å². The van der Waals surface area contributed by atoms with E-state index in [1.54, 1.807) is 0 Å². The van der Waals surface area contributed by atoms with Crippen molar-refractivity contribution in [1.82, 2.24) is 0 Å². The fourth-order valence-electron chi connectivity index (χ4n) is 2.44. The van der Waals surface area contributed by atoms with Crippen molar-refractivity contribution in [1.29, 1.82) is 0 Å². The number of thiophene rings is 1. The van der Waals surface area contributed by atoms with Gasteiger partial charge in [0.15, 0.2) is 6.29 Å². The topological polar surface area (TPSA) is 20.3 Å². The molecule has 82 valence electrons. The van der Waals surface area contributed by atoms with Crippen LogP contribution in [0.3, 0.4) is 0 Å². The van der Waals surface area contributed by atoms with Crippen LogP contribution in [0.5, 0.6) is 0 Å². The van der Waals surface area contributed by atoms with Crippen LogP contribution >= 0.6 is 11.3 Å². The third-order valence-electron chi connectivity index (χ3n) is 2.96. The fraction of sp³-hybridized carbons (Fsp3) is 0.583. The van der Waals surface area contributed by atoms with Gasteiger partial charge in [-0.25, -0.2) is 0 Å². The highest BCUT2D eigenvalue weighted by Gasteiger charge is 2.22. The van der Waals surface area contributed by atoms with Crippen LogP contribution in [0.4, 0.5) is 5.69 Å². The van der Waals surface area contributed by atoms with E-state index in [1.807, 2.05) is 6.07 Å². The fourth-order valence-corrected chi connectivity index (χ4v) is 3.16. The first-order chi connectivity index (χ1) is 7.19. The lowest BCUT2D eigenvalue weighted by Gasteiger charge is -2.36. The molecule has 1 aliphatic rings. The summed E-state index contributed by atoms with van der Waals surface area (Å²) in [4.78, 5) is 13.9. The SMILES string of the molecule is CC1CC(C)CN(c2csc(C=O)c2)C1. The molecule has 2 unspecified atom stereocenters.